The topological polar surface area (TPSA) is 12.0 Å². The van der Waals surface area contributed by atoms with Crippen LogP contribution in [-0.4, -0.2) is 17.5 Å². The average molecular weight is 332 g/mol. The van der Waals surface area contributed by atoms with Crippen LogP contribution in [-0.2, 0) is 6.54 Å². The van der Waals surface area contributed by atoms with Crippen LogP contribution >= 0.6 is 27.7 Å². The summed E-state index contributed by atoms with van der Waals surface area (Å²) in [5.74, 6) is -0.189. The SMILES string of the molecule is CSC1CCCC(NCc2ccc(F)cc2Br)C1. The van der Waals surface area contributed by atoms with E-state index in [2.05, 4.69) is 27.5 Å². The summed E-state index contributed by atoms with van der Waals surface area (Å²) in [6.07, 6.45) is 7.37. The van der Waals surface area contributed by atoms with Crippen LogP contribution in [0, 0.1) is 5.82 Å². The van der Waals surface area contributed by atoms with Gasteiger partial charge in [-0.3, -0.25) is 0 Å². The maximum absolute atomic E-state index is 13.0. The molecule has 0 aliphatic heterocycles. The third-order valence-electron chi connectivity index (χ3n) is 3.56. The van der Waals surface area contributed by atoms with Crippen molar-refractivity contribution >= 4 is 27.7 Å². The maximum atomic E-state index is 13.0. The summed E-state index contributed by atoms with van der Waals surface area (Å²) >= 11 is 5.39. The Balaban J connectivity index is 1.87. The molecule has 2 rings (SSSR count). The minimum atomic E-state index is -0.189. The molecule has 0 radical (unpaired) electrons. The number of rotatable bonds is 4. The van der Waals surface area contributed by atoms with Gasteiger partial charge in [0.2, 0.25) is 0 Å². The van der Waals surface area contributed by atoms with E-state index in [1.165, 1.54) is 37.8 Å². The van der Waals surface area contributed by atoms with Gasteiger partial charge in [0, 0.05) is 22.3 Å². The Morgan fingerprint density at radius 2 is 2.28 bits per heavy atom. The van der Waals surface area contributed by atoms with Gasteiger partial charge < -0.3 is 5.32 Å². The van der Waals surface area contributed by atoms with Gasteiger partial charge >= 0.3 is 0 Å². The number of thioether (sulfide) groups is 1. The van der Waals surface area contributed by atoms with Crippen LogP contribution in [0.3, 0.4) is 0 Å². The van der Waals surface area contributed by atoms with Crippen molar-refractivity contribution in [2.45, 2.75) is 43.5 Å². The fourth-order valence-corrected chi connectivity index (χ4v) is 3.78. The number of nitrogens with one attached hydrogen (secondary N) is 1. The minimum Gasteiger partial charge on any atom is -0.310 e. The lowest BCUT2D eigenvalue weighted by Gasteiger charge is -2.29. The molecule has 0 spiro atoms. The van der Waals surface area contributed by atoms with Crippen molar-refractivity contribution in [2.75, 3.05) is 6.26 Å². The van der Waals surface area contributed by atoms with Crippen molar-refractivity contribution in [1.82, 2.24) is 5.32 Å². The van der Waals surface area contributed by atoms with Gasteiger partial charge in [0.05, 0.1) is 0 Å². The largest absolute Gasteiger partial charge is 0.310 e. The van der Waals surface area contributed by atoms with E-state index in [1.807, 2.05) is 17.8 Å². The molecule has 0 heterocycles. The molecule has 1 aromatic rings. The van der Waals surface area contributed by atoms with Crippen LogP contribution in [0.2, 0.25) is 0 Å². The van der Waals surface area contributed by atoms with Gasteiger partial charge in [-0.05, 0) is 43.2 Å². The molecule has 0 amide bonds. The molecular weight excluding hydrogens is 313 g/mol. The van der Waals surface area contributed by atoms with E-state index in [-0.39, 0.29) is 5.82 Å². The first-order valence-electron chi connectivity index (χ1n) is 6.39. The highest BCUT2D eigenvalue weighted by Gasteiger charge is 2.20. The van der Waals surface area contributed by atoms with Crippen molar-refractivity contribution in [2.24, 2.45) is 0 Å². The summed E-state index contributed by atoms with van der Waals surface area (Å²) in [5, 5.41) is 4.40. The fourth-order valence-electron chi connectivity index (χ4n) is 2.46. The molecular formula is C14H19BrFNS. The van der Waals surface area contributed by atoms with Crippen LogP contribution in [0.1, 0.15) is 31.2 Å². The van der Waals surface area contributed by atoms with E-state index < -0.39 is 0 Å². The number of hydrogen-bond donors (Lipinski definition) is 1. The lowest BCUT2D eigenvalue weighted by molar-refractivity contribution is 0.379. The van der Waals surface area contributed by atoms with Crippen LogP contribution < -0.4 is 5.32 Å². The molecule has 1 aromatic carbocycles. The molecule has 2 unspecified atom stereocenters. The predicted octanol–water partition coefficient (Wildman–Crippen LogP) is 4.35. The van der Waals surface area contributed by atoms with Crippen LogP contribution in [0.15, 0.2) is 22.7 Å². The molecule has 18 heavy (non-hydrogen) atoms. The highest BCUT2D eigenvalue weighted by atomic mass is 79.9. The Morgan fingerprint density at radius 1 is 1.44 bits per heavy atom. The monoisotopic (exact) mass is 331 g/mol. The van der Waals surface area contributed by atoms with Gasteiger partial charge in [-0.25, -0.2) is 4.39 Å². The summed E-state index contributed by atoms with van der Waals surface area (Å²) in [5.41, 5.74) is 1.13. The highest BCUT2D eigenvalue weighted by Crippen LogP contribution is 2.27. The molecule has 0 saturated heterocycles. The second-order valence-corrected chi connectivity index (χ2v) is 6.83. The molecule has 0 bridgehead atoms. The number of halogens is 2. The fraction of sp³-hybridized carbons (Fsp3) is 0.571. The first-order chi connectivity index (χ1) is 8.69. The molecule has 100 valence electrons. The first kappa shape index (κ1) is 14.4. The zero-order chi connectivity index (χ0) is 13.0. The van der Waals surface area contributed by atoms with Crippen LogP contribution in [0.5, 0.6) is 0 Å². The van der Waals surface area contributed by atoms with Gasteiger partial charge in [0.25, 0.3) is 0 Å². The Labute approximate surface area is 121 Å². The molecule has 1 N–H and O–H groups in total. The molecule has 4 heteroatoms. The van der Waals surface area contributed by atoms with Crippen molar-refractivity contribution in [1.29, 1.82) is 0 Å². The first-order valence-corrected chi connectivity index (χ1v) is 8.47. The van der Waals surface area contributed by atoms with Crippen molar-refractivity contribution in [3.63, 3.8) is 0 Å². The highest BCUT2D eigenvalue weighted by molar-refractivity contribution is 9.10. The maximum Gasteiger partial charge on any atom is 0.124 e. The van der Waals surface area contributed by atoms with Crippen molar-refractivity contribution in [3.8, 4) is 0 Å². The van der Waals surface area contributed by atoms with Gasteiger partial charge in [-0.2, -0.15) is 11.8 Å². The summed E-state index contributed by atoms with van der Waals surface area (Å²) in [6.45, 7) is 0.812. The predicted molar refractivity (Wildman–Crippen MR) is 80.5 cm³/mol. The van der Waals surface area contributed by atoms with Gasteiger partial charge in [0.15, 0.2) is 0 Å². The van der Waals surface area contributed by atoms with E-state index in [4.69, 9.17) is 0 Å². The van der Waals surface area contributed by atoms with Crippen molar-refractivity contribution < 1.29 is 4.39 Å². The smallest absolute Gasteiger partial charge is 0.124 e. The Kier molecular flexibility index (Phi) is 5.52. The van der Waals surface area contributed by atoms with Gasteiger partial charge in [-0.15, -0.1) is 0 Å². The van der Waals surface area contributed by atoms with E-state index in [0.29, 0.717) is 6.04 Å². The Bertz CT molecular complexity index is 399. The summed E-state index contributed by atoms with van der Waals surface area (Å²) in [7, 11) is 0. The number of benzene rings is 1. The van der Waals surface area contributed by atoms with E-state index in [1.54, 1.807) is 0 Å². The van der Waals surface area contributed by atoms with E-state index in [9.17, 15) is 4.39 Å². The normalized spacial score (nSPS) is 24.2. The molecule has 1 fully saturated rings. The summed E-state index contributed by atoms with van der Waals surface area (Å²) in [6, 6.07) is 5.50. The quantitative estimate of drug-likeness (QED) is 0.880. The summed E-state index contributed by atoms with van der Waals surface area (Å²) < 4.78 is 13.8. The van der Waals surface area contributed by atoms with E-state index in [0.717, 1.165) is 21.8 Å². The second kappa shape index (κ2) is 6.92. The zero-order valence-corrected chi connectivity index (χ0v) is 13.0. The number of hydrogen-bond acceptors (Lipinski definition) is 2. The van der Waals surface area contributed by atoms with Gasteiger partial charge in [-0.1, -0.05) is 28.4 Å². The minimum absolute atomic E-state index is 0.189. The lowest BCUT2D eigenvalue weighted by atomic mass is 9.95. The van der Waals surface area contributed by atoms with Crippen molar-refractivity contribution in [3.05, 3.63) is 34.1 Å². The third kappa shape index (κ3) is 3.97. The zero-order valence-electron chi connectivity index (χ0n) is 10.6. The third-order valence-corrected chi connectivity index (χ3v) is 5.39. The Hall–Kier alpha value is -0.0600. The second-order valence-electron chi connectivity index (χ2n) is 4.84. The molecule has 2 atom stereocenters. The molecule has 1 aliphatic rings. The Morgan fingerprint density at radius 3 is 3.00 bits per heavy atom. The summed E-state index contributed by atoms with van der Waals surface area (Å²) in [4.78, 5) is 0. The molecule has 1 saturated carbocycles. The molecule has 0 aromatic heterocycles. The van der Waals surface area contributed by atoms with E-state index >= 15 is 0 Å². The lowest BCUT2D eigenvalue weighted by Crippen LogP contribution is -2.34. The van der Waals surface area contributed by atoms with Crippen LogP contribution in [0.4, 0.5) is 4.39 Å². The molecule has 1 aliphatic carbocycles. The van der Waals surface area contributed by atoms with Gasteiger partial charge in [0.1, 0.15) is 5.82 Å². The average Bonchev–Trinajstić information content (AvgIpc) is 2.38. The van der Waals surface area contributed by atoms with Crippen LogP contribution in [0.25, 0.3) is 0 Å². The molecule has 1 nitrogen and oxygen atoms in total. The standard InChI is InChI=1S/C14H19BrFNS/c1-18-13-4-2-3-12(8-13)17-9-10-5-6-11(16)7-14(10)15/h5-7,12-13,17H,2-4,8-9H2,1H3.